The van der Waals surface area contributed by atoms with Gasteiger partial charge in [0.2, 0.25) is 5.82 Å². The third-order valence-electron chi connectivity index (χ3n) is 3.04. The number of tetrazole rings is 1. The second-order valence-electron chi connectivity index (χ2n) is 4.33. The summed E-state index contributed by atoms with van der Waals surface area (Å²) in [5.74, 6) is 0.266. The van der Waals surface area contributed by atoms with Gasteiger partial charge in [0.05, 0.1) is 5.54 Å². The van der Waals surface area contributed by atoms with E-state index in [1.165, 1.54) is 11.3 Å². The Morgan fingerprint density at radius 2 is 2.47 bits per heavy atom. The van der Waals surface area contributed by atoms with E-state index in [4.69, 9.17) is 0 Å². The van der Waals surface area contributed by atoms with Gasteiger partial charge in [-0.05, 0) is 30.0 Å². The van der Waals surface area contributed by atoms with E-state index in [1.54, 1.807) is 6.08 Å². The fourth-order valence-corrected chi connectivity index (χ4v) is 2.32. The molecule has 0 aliphatic carbocycles. The molecule has 0 saturated carbocycles. The van der Waals surface area contributed by atoms with Crippen molar-refractivity contribution in [2.75, 3.05) is 0 Å². The molecule has 1 atom stereocenters. The van der Waals surface area contributed by atoms with Crippen molar-refractivity contribution in [2.24, 2.45) is 0 Å². The van der Waals surface area contributed by atoms with Crippen LogP contribution in [0.3, 0.4) is 0 Å². The number of nitrogens with zero attached hydrogens (tertiary/aromatic N) is 3. The maximum absolute atomic E-state index is 12.3. The zero-order valence-corrected chi connectivity index (χ0v) is 11.6. The third kappa shape index (κ3) is 2.70. The molecule has 0 spiro atoms. The highest BCUT2D eigenvalue weighted by molar-refractivity contribution is 7.12. The first-order chi connectivity index (χ1) is 9.09. The van der Waals surface area contributed by atoms with E-state index in [9.17, 15) is 4.79 Å². The van der Waals surface area contributed by atoms with Gasteiger partial charge in [-0.3, -0.25) is 4.79 Å². The minimum atomic E-state index is -0.421. The van der Waals surface area contributed by atoms with Gasteiger partial charge in [-0.2, -0.15) is 5.21 Å². The van der Waals surface area contributed by atoms with Crippen LogP contribution in [0.5, 0.6) is 0 Å². The molecule has 1 unspecified atom stereocenters. The zero-order chi connectivity index (χ0) is 13.9. The number of H-pyrrole nitrogens is 1. The van der Waals surface area contributed by atoms with Crippen molar-refractivity contribution < 1.29 is 4.79 Å². The highest BCUT2D eigenvalue weighted by atomic mass is 32.1. The van der Waals surface area contributed by atoms with Crippen molar-refractivity contribution in [3.63, 3.8) is 0 Å². The smallest absolute Gasteiger partial charge is 0.262 e. The number of amides is 1. The van der Waals surface area contributed by atoms with E-state index in [0.29, 0.717) is 16.3 Å². The summed E-state index contributed by atoms with van der Waals surface area (Å²) in [5.41, 5.74) is 0.258. The SMILES string of the molecule is C=CC(C)(CC)NC(=O)c1sccc1-c1nn[nH]n1. The number of hydrogen-bond donors (Lipinski definition) is 2. The minimum Gasteiger partial charge on any atom is -0.343 e. The number of carbonyl (C=O) groups is 1. The summed E-state index contributed by atoms with van der Waals surface area (Å²) >= 11 is 1.35. The standard InChI is InChI=1S/C12H15N5OS/c1-4-12(3,5-2)13-11(18)9-8(6-7-19-9)10-14-16-17-15-10/h4,6-7H,1,5H2,2-3H3,(H,13,18)(H,14,15,16,17). The Kier molecular flexibility index (Phi) is 3.75. The summed E-state index contributed by atoms with van der Waals surface area (Å²) in [6.07, 6.45) is 2.51. The Morgan fingerprint density at radius 3 is 3.05 bits per heavy atom. The first kappa shape index (κ1) is 13.4. The van der Waals surface area contributed by atoms with Crippen molar-refractivity contribution in [1.82, 2.24) is 25.9 Å². The second-order valence-corrected chi connectivity index (χ2v) is 5.24. The van der Waals surface area contributed by atoms with Crippen LogP contribution in [-0.4, -0.2) is 32.1 Å². The predicted octanol–water partition coefficient (Wildman–Crippen LogP) is 2.01. The lowest BCUT2D eigenvalue weighted by molar-refractivity contribution is 0.0925. The minimum absolute atomic E-state index is 0.154. The van der Waals surface area contributed by atoms with Gasteiger partial charge in [-0.15, -0.1) is 28.1 Å². The lowest BCUT2D eigenvalue weighted by Crippen LogP contribution is -2.43. The molecule has 19 heavy (non-hydrogen) atoms. The van der Waals surface area contributed by atoms with Crippen molar-refractivity contribution >= 4 is 17.2 Å². The number of nitrogens with one attached hydrogen (secondary N) is 2. The van der Waals surface area contributed by atoms with Gasteiger partial charge in [0.15, 0.2) is 0 Å². The molecule has 2 aromatic heterocycles. The molecule has 0 aromatic carbocycles. The van der Waals surface area contributed by atoms with Gasteiger partial charge in [-0.1, -0.05) is 13.0 Å². The number of hydrogen-bond acceptors (Lipinski definition) is 5. The maximum atomic E-state index is 12.3. The molecule has 0 fully saturated rings. The molecule has 0 radical (unpaired) electrons. The van der Waals surface area contributed by atoms with Crippen LogP contribution in [0.2, 0.25) is 0 Å². The summed E-state index contributed by atoms with van der Waals surface area (Å²) in [4.78, 5) is 12.9. The largest absolute Gasteiger partial charge is 0.343 e. The zero-order valence-electron chi connectivity index (χ0n) is 10.8. The number of thiophene rings is 1. The van der Waals surface area contributed by atoms with E-state index < -0.39 is 5.54 Å². The van der Waals surface area contributed by atoms with Crippen LogP contribution < -0.4 is 5.32 Å². The first-order valence-electron chi connectivity index (χ1n) is 5.87. The van der Waals surface area contributed by atoms with Crippen molar-refractivity contribution in [3.8, 4) is 11.4 Å². The summed E-state index contributed by atoms with van der Waals surface area (Å²) in [6.45, 7) is 7.69. The van der Waals surface area contributed by atoms with E-state index in [2.05, 4.69) is 32.5 Å². The van der Waals surface area contributed by atoms with Crippen molar-refractivity contribution in [1.29, 1.82) is 0 Å². The molecule has 0 aliphatic rings. The summed E-state index contributed by atoms with van der Waals surface area (Å²) in [5, 5.41) is 18.5. The fourth-order valence-electron chi connectivity index (χ4n) is 1.54. The summed E-state index contributed by atoms with van der Waals surface area (Å²) in [6, 6.07) is 1.81. The molecule has 2 aromatic rings. The molecule has 2 rings (SSSR count). The quantitative estimate of drug-likeness (QED) is 0.819. The third-order valence-corrected chi connectivity index (χ3v) is 3.95. The number of aromatic amines is 1. The monoisotopic (exact) mass is 277 g/mol. The molecule has 0 aliphatic heterocycles. The molecule has 2 heterocycles. The fraction of sp³-hybridized carbons (Fsp3) is 0.333. The van der Waals surface area contributed by atoms with E-state index in [1.807, 2.05) is 25.3 Å². The molecule has 0 saturated heterocycles. The van der Waals surface area contributed by atoms with Gasteiger partial charge in [0.1, 0.15) is 4.88 Å². The Balaban J connectivity index is 2.26. The lowest BCUT2D eigenvalue weighted by Gasteiger charge is -2.25. The van der Waals surface area contributed by atoms with Crippen molar-refractivity contribution in [3.05, 3.63) is 29.0 Å². The second kappa shape index (κ2) is 5.31. The predicted molar refractivity (Wildman–Crippen MR) is 73.8 cm³/mol. The van der Waals surface area contributed by atoms with Crippen LogP contribution in [0, 0.1) is 0 Å². The molecular formula is C12H15N5OS. The van der Waals surface area contributed by atoms with Crippen LogP contribution in [0.25, 0.3) is 11.4 Å². The Morgan fingerprint density at radius 1 is 1.68 bits per heavy atom. The van der Waals surface area contributed by atoms with E-state index in [-0.39, 0.29) is 5.91 Å². The lowest BCUT2D eigenvalue weighted by atomic mass is 9.99. The summed E-state index contributed by atoms with van der Waals surface area (Å²) < 4.78 is 0. The molecule has 100 valence electrons. The number of carbonyl (C=O) groups excluding carboxylic acids is 1. The molecule has 2 N–H and O–H groups in total. The average molecular weight is 277 g/mol. The van der Waals surface area contributed by atoms with Gasteiger partial charge >= 0.3 is 0 Å². The van der Waals surface area contributed by atoms with Crippen LogP contribution in [-0.2, 0) is 0 Å². The van der Waals surface area contributed by atoms with E-state index in [0.717, 1.165) is 6.42 Å². The maximum Gasteiger partial charge on any atom is 0.262 e. The molecule has 0 bridgehead atoms. The molecule has 1 amide bonds. The Labute approximate surface area is 114 Å². The number of aromatic nitrogens is 4. The normalized spacial score (nSPS) is 13.8. The van der Waals surface area contributed by atoms with Crippen LogP contribution in [0.15, 0.2) is 24.1 Å². The van der Waals surface area contributed by atoms with Gasteiger partial charge in [-0.25, -0.2) is 0 Å². The molecule has 6 nitrogen and oxygen atoms in total. The molecule has 7 heteroatoms. The average Bonchev–Trinajstić information content (AvgIpc) is 3.08. The highest BCUT2D eigenvalue weighted by Crippen LogP contribution is 2.25. The Bertz CT molecular complexity index is 577. The van der Waals surface area contributed by atoms with Crippen LogP contribution in [0.4, 0.5) is 0 Å². The first-order valence-corrected chi connectivity index (χ1v) is 6.75. The van der Waals surface area contributed by atoms with Crippen LogP contribution >= 0.6 is 11.3 Å². The van der Waals surface area contributed by atoms with E-state index >= 15 is 0 Å². The molecular weight excluding hydrogens is 262 g/mol. The van der Waals surface area contributed by atoms with Gasteiger partial charge < -0.3 is 5.32 Å². The van der Waals surface area contributed by atoms with Crippen molar-refractivity contribution in [2.45, 2.75) is 25.8 Å². The van der Waals surface area contributed by atoms with Gasteiger partial charge in [0, 0.05) is 5.56 Å². The topological polar surface area (TPSA) is 83.6 Å². The Hall–Kier alpha value is -2.02. The highest BCUT2D eigenvalue weighted by Gasteiger charge is 2.24. The van der Waals surface area contributed by atoms with Gasteiger partial charge in [0.25, 0.3) is 5.91 Å². The number of rotatable bonds is 5. The summed E-state index contributed by atoms with van der Waals surface area (Å²) in [7, 11) is 0. The van der Waals surface area contributed by atoms with Crippen LogP contribution in [0.1, 0.15) is 29.9 Å².